The summed E-state index contributed by atoms with van der Waals surface area (Å²) in [7, 11) is 1.47. The Kier molecular flexibility index (Phi) is 10.9. The molecule has 7 aromatic rings. The number of hydrogen-bond acceptors (Lipinski definition) is 10. The van der Waals surface area contributed by atoms with E-state index in [0.717, 1.165) is 76.0 Å². The average Bonchev–Trinajstić information content (AvgIpc) is 4.15. The van der Waals surface area contributed by atoms with Gasteiger partial charge in [0.15, 0.2) is 11.8 Å². The van der Waals surface area contributed by atoms with Crippen molar-refractivity contribution in [1.29, 1.82) is 0 Å². The molecule has 6 heterocycles. The van der Waals surface area contributed by atoms with Crippen molar-refractivity contribution in [2.75, 3.05) is 26.7 Å². The largest absolute Gasteiger partial charge is 0.436 e. The van der Waals surface area contributed by atoms with Crippen molar-refractivity contribution < 1.29 is 23.9 Å². The summed E-state index contributed by atoms with van der Waals surface area (Å²) in [5.41, 5.74) is 7.53. The topological polar surface area (TPSA) is 220 Å². The first kappa shape index (κ1) is 40.0. The van der Waals surface area contributed by atoms with E-state index in [2.05, 4.69) is 40.8 Å². The normalized spacial score (nSPS) is 16.9. The number of carbonyl (C=O) groups excluding carboxylic acids is 4. The van der Waals surface area contributed by atoms with Crippen LogP contribution in [0.15, 0.2) is 85.3 Å². The summed E-state index contributed by atoms with van der Waals surface area (Å²) in [6.07, 6.45) is 6.94. The molecule has 0 bridgehead atoms. The summed E-state index contributed by atoms with van der Waals surface area (Å²) >= 11 is 0. The minimum Gasteiger partial charge on any atom is -0.436 e. The molecule has 2 saturated heterocycles. The SMILES string of the molecule is CNC(=O)O[C@H](C(=O)N1CCCC1c1ncc(-c2ccc(-c3cnc4cc(-c5cnc([C@@H]6CCCN6C(=O)CNC(=O)c6n[nH]c7ccccc67)[nH]5)ccc4n3)cc2)[nH]1)C(C)C. The van der Waals surface area contributed by atoms with Gasteiger partial charge in [0.1, 0.15) is 11.6 Å². The fourth-order valence-electron chi connectivity index (χ4n) is 8.39. The number of aromatic amines is 3. The fourth-order valence-corrected chi connectivity index (χ4v) is 8.39. The molecule has 1 unspecified atom stereocenters. The molecule has 316 valence electrons. The van der Waals surface area contributed by atoms with Crippen LogP contribution < -0.4 is 10.6 Å². The highest BCUT2D eigenvalue weighted by molar-refractivity contribution is 6.05. The van der Waals surface area contributed by atoms with Crippen LogP contribution in [0.25, 0.3) is 55.7 Å². The first-order valence-electron chi connectivity index (χ1n) is 20.8. The fraction of sp³-hybridized carbons (Fsp3) is 0.311. The van der Waals surface area contributed by atoms with E-state index in [4.69, 9.17) is 14.7 Å². The Balaban J connectivity index is 0.839. The molecule has 0 aliphatic carbocycles. The van der Waals surface area contributed by atoms with Gasteiger partial charge in [-0.3, -0.25) is 24.5 Å². The maximum Gasteiger partial charge on any atom is 0.407 e. The minimum absolute atomic E-state index is 0.145. The zero-order valence-electron chi connectivity index (χ0n) is 34.5. The number of likely N-dealkylation sites (tertiary alicyclic amines) is 2. The molecule has 2 fully saturated rings. The number of nitrogens with one attached hydrogen (secondary N) is 5. The third-order valence-electron chi connectivity index (χ3n) is 11.6. The number of alkyl carbamates (subject to hydrolysis) is 1. The smallest absolute Gasteiger partial charge is 0.407 e. The predicted octanol–water partition coefficient (Wildman–Crippen LogP) is 6.09. The summed E-state index contributed by atoms with van der Waals surface area (Å²) in [6, 6.07) is 20.7. The number of nitrogens with zero attached hydrogens (tertiary/aromatic N) is 7. The van der Waals surface area contributed by atoms with Gasteiger partial charge in [-0.05, 0) is 55.4 Å². The van der Waals surface area contributed by atoms with Crippen molar-refractivity contribution in [3.05, 3.63) is 103 Å². The Morgan fingerprint density at radius 3 is 2.18 bits per heavy atom. The van der Waals surface area contributed by atoms with E-state index < -0.39 is 18.1 Å². The van der Waals surface area contributed by atoms with E-state index in [1.807, 2.05) is 80.6 Å². The van der Waals surface area contributed by atoms with Crippen molar-refractivity contribution in [2.45, 2.75) is 57.7 Å². The van der Waals surface area contributed by atoms with Crippen LogP contribution >= 0.6 is 0 Å². The number of H-pyrrole nitrogens is 3. The third kappa shape index (κ3) is 7.84. The van der Waals surface area contributed by atoms with Crippen LogP contribution in [0.5, 0.6) is 0 Å². The van der Waals surface area contributed by atoms with Crippen LogP contribution in [0.3, 0.4) is 0 Å². The van der Waals surface area contributed by atoms with Crippen LogP contribution in [-0.2, 0) is 14.3 Å². The predicted molar refractivity (Wildman–Crippen MR) is 230 cm³/mol. The molecule has 17 heteroatoms. The van der Waals surface area contributed by atoms with Crippen molar-refractivity contribution in [1.82, 2.24) is 60.5 Å². The highest BCUT2D eigenvalue weighted by atomic mass is 16.6. The molecule has 0 radical (unpaired) electrons. The number of ether oxygens (including phenoxy) is 1. The molecule has 0 spiro atoms. The van der Waals surface area contributed by atoms with E-state index in [-0.39, 0.29) is 42.1 Å². The van der Waals surface area contributed by atoms with Crippen molar-refractivity contribution in [3.8, 4) is 33.8 Å². The van der Waals surface area contributed by atoms with E-state index in [0.29, 0.717) is 30.1 Å². The summed E-state index contributed by atoms with van der Waals surface area (Å²) in [4.78, 5) is 81.1. The molecule has 62 heavy (non-hydrogen) atoms. The standard InChI is InChI=1S/C45H46N12O5/c1-25(2)40(62-45(61)46-3)44(60)57-19-7-11-37(57)42-48-22-34(52-42)27-14-12-26(13-15-27)33-21-47-32-20-28(16-17-31(32)51-33)35-23-49-41(53-35)36-10-6-18-56(36)38(58)24-50-43(59)39-29-8-4-5-9-30(29)54-55-39/h4-5,8-9,12-17,20-23,25,36-37,40H,6-7,10-11,18-19,24H2,1-3H3,(H,46,61)(H,48,52)(H,49,53)(H,50,59)(H,54,55)/t36-,37?,40-/m0/s1. The number of imidazole rings is 2. The molecule has 17 nitrogen and oxygen atoms in total. The van der Waals surface area contributed by atoms with Crippen molar-refractivity contribution in [2.24, 2.45) is 5.92 Å². The Labute approximate surface area is 356 Å². The van der Waals surface area contributed by atoms with Gasteiger partial charge < -0.3 is 35.1 Å². The number of aromatic nitrogens is 8. The minimum atomic E-state index is -0.887. The second-order valence-corrected chi connectivity index (χ2v) is 16.0. The van der Waals surface area contributed by atoms with Gasteiger partial charge >= 0.3 is 6.09 Å². The van der Waals surface area contributed by atoms with Gasteiger partial charge in [-0.2, -0.15) is 5.10 Å². The highest BCUT2D eigenvalue weighted by Crippen LogP contribution is 2.35. The number of fused-ring (bicyclic) bond motifs is 2. The Hall–Kier alpha value is -7.43. The second kappa shape index (κ2) is 16.9. The quantitative estimate of drug-likeness (QED) is 0.101. The van der Waals surface area contributed by atoms with Crippen molar-refractivity contribution >= 4 is 45.8 Å². The number of carbonyl (C=O) groups is 4. The van der Waals surface area contributed by atoms with Crippen LogP contribution in [0.4, 0.5) is 4.79 Å². The van der Waals surface area contributed by atoms with Crippen LogP contribution in [0, 0.1) is 5.92 Å². The second-order valence-electron chi connectivity index (χ2n) is 16.0. The zero-order valence-corrected chi connectivity index (χ0v) is 34.5. The Morgan fingerprint density at radius 1 is 0.790 bits per heavy atom. The first-order chi connectivity index (χ1) is 30.1. The summed E-state index contributed by atoms with van der Waals surface area (Å²) < 4.78 is 5.43. The average molecular weight is 835 g/mol. The maximum atomic E-state index is 13.5. The Morgan fingerprint density at radius 2 is 1.45 bits per heavy atom. The number of para-hydroxylation sites is 1. The number of benzene rings is 3. The van der Waals surface area contributed by atoms with E-state index in [1.165, 1.54) is 7.05 Å². The van der Waals surface area contributed by atoms with Gasteiger partial charge in [-0.15, -0.1) is 0 Å². The summed E-state index contributed by atoms with van der Waals surface area (Å²) in [5, 5.41) is 12.9. The summed E-state index contributed by atoms with van der Waals surface area (Å²) in [5.74, 6) is 0.375. The summed E-state index contributed by atoms with van der Waals surface area (Å²) in [6.45, 7) is 4.71. The van der Waals surface area contributed by atoms with E-state index in [9.17, 15) is 19.2 Å². The molecule has 3 aromatic carbocycles. The van der Waals surface area contributed by atoms with Gasteiger partial charge in [0, 0.05) is 36.7 Å². The van der Waals surface area contributed by atoms with Gasteiger partial charge in [0.25, 0.3) is 11.8 Å². The number of rotatable bonds is 11. The lowest BCUT2D eigenvalue weighted by molar-refractivity contribution is -0.143. The van der Waals surface area contributed by atoms with E-state index in [1.54, 1.807) is 28.4 Å². The molecule has 3 atom stereocenters. The lowest BCUT2D eigenvalue weighted by Gasteiger charge is -2.29. The van der Waals surface area contributed by atoms with Crippen LogP contribution in [0.1, 0.15) is 73.8 Å². The van der Waals surface area contributed by atoms with Crippen molar-refractivity contribution in [3.63, 3.8) is 0 Å². The molecule has 2 aliphatic rings. The molecular weight excluding hydrogens is 789 g/mol. The molecule has 5 N–H and O–H groups in total. The first-order valence-corrected chi connectivity index (χ1v) is 20.8. The molecule has 2 aliphatic heterocycles. The van der Waals surface area contributed by atoms with Gasteiger partial charge in [-0.25, -0.2) is 19.7 Å². The van der Waals surface area contributed by atoms with E-state index >= 15 is 0 Å². The highest BCUT2D eigenvalue weighted by Gasteiger charge is 2.38. The van der Waals surface area contributed by atoms with Crippen LogP contribution in [-0.4, -0.2) is 107 Å². The third-order valence-corrected chi connectivity index (χ3v) is 11.6. The molecule has 4 amide bonds. The molecule has 0 saturated carbocycles. The monoisotopic (exact) mass is 834 g/mol. The lowest BCUT2D eigenvalue weighted by Crippen LogP contribution is -2.45. The molecular formula is C45H46N12O5. The molecule has 4 aromatic heterocycles. The Bertz CT molecular complexity index is 2790. The van der Waals surface area contributed by atoms with Crippen LogP contribution in [0.2, 0.25) is 0 Å². The zero-order chi connectivity index (χ0) is 42.9. The van der Waals surface area contributed by atoms with Gasteiger partial charge in [-0.1, -0.05) is 62.4 Å². The number of hydrogen-bond donors (Lipinski definition) is 5. The number of amides is 4. The van der Waals surface area contributed by atoms with Gasteiger partial charge in [0.2, 0.25) is 5.91 Å². The maximum absolute atomic E-state index is 13.5. The van der Waals surface area contributed by atoms with Gasteiger partial charge in [0.05, 0.1) is 70.9 Å². The lowest BCUT2D eigenvalue weighted by atomic mass is 10.1. The molecule has 9 rings (SSSR count).